The molecule has 0 saturated carbocycles. The molecule has 0 rings (SSSR count). The van der Waals surface area contributed by atoms with Crippen molar-refractivity contribution in [3.05, 3.63) is 0 Å². The van der Waals surface area contributed by atoms with Gasteiger partial charge in [0.2, 0.25) is 0 Å². The lowest BCUT2D eigenvalue weighted by Gasteiger charge is -2.45. The Bertz CT molecular complexity index is 2690. The highest BCUT2D eigenvalue weighted by molar-refractivity contribution is 6.98. The summed E-state index contributed by atoms with van der Waals surface area (Å²) >= 11 is 0. The van der Waals surface area contributed by atoms with E-state index in [1.165, 1.54) is 0 Å². The topological polar surface area (TPSA) is 240 Å². The minimum Gasteiger partial charge on any atom is -0.437 e. The van der Waals surface area contributed by atoms with Gasteiger partial charge in [0.15, 0.2) is 16.6 Å². The lowest BCUT2D eigenvalue weighted by molar-refractivity contribution is 0.245. The Kier molecular flexibility index (Phi) is 39.6. The summed E-state index contributed by atoms with van der Waals surface area (Å²) in [6, 6.07) is 0. The molecule has 0 aliphatic heterocycles. The van der Waals surface area contributed by atoms with E-state index in [2.05, 4.69) is 367 Å². The normalized spacial score (nSPS) is 16.3. The van der Waals surface area contributed by atoms with Crippen LogP contribution in [0.15, 0.2) is 0 Å². The number of rotatable bonds is 52. The van der Waals surface area contributed by atoms with Gasteiger partial charge in [-0.05, 0) is 367 Å². The third-order valence-electron chi connectivity index (χ3n) is 12.9. The Balaban J connectivity index is 5.93. The molecule has 656 valence electrons. The van der Waals surface area contributed by atoms with Crippen LogP contribution in [0.1, 0.15) is 0 Å². The summed E-state index contributed by atoms with van der Waals surface area (Å²) in [4.78, 5) is 0. The molecule has 0 aromatic carbocycles. The van der Waals surface area contributed by atoms with Crippen molar-refractivity contribution in [2.45, 2.75) is 367 Å². The van der Waals surface area contributed by atoms with Crippen LogP contribution in [-0.4, -0.2) is 231 Å². The molecule has 0 aromatic rings. The van der Waals surface area contributed by atoms with Crippen LogP contribution in [-0.2, 0) is 107 Å². The second-order valence-electron chi connectivity index (χ2n) is 41.9. The van der Waals surface area contributed by atoms with Gasteiger partial charge in [0.1, 0.15) is 0 Å². The molecule has 0 aliphatic rings. The van der Waals surface area contributed by atoms with Gasteiger partial charge >= 0.3 is 214 Å². The van der Waals surface area contributed by atoms with Crippen molar-refractivity contribution in [1.82, 2.24) is 0 Å². The Morgan fingerprint density at radius 2 is 0.101 bits per heavy atom. The number of hydrogen-bond acceptors (Lipinski definition) is 26. The van der Waals surface area contributed by atoms with Crippen LogP contribution in [0.2, 0.25) is 367 Å². The molecule has 0 atom stereocenters. The van der Waals surface area contributed by atoms with Crippen molar-refractivity contribution in [2.24, 2.45) is 0 Å². The zero-order valence-electron chi connectivity index (χ0n) is 80.1. The molecule has 0 saturated heterocycles. The first-order chi connectivity index (χ1) is 46.4. The van der Waals surface area contributed by atoms with E-state index in [1.807, 2.05) is 0 Å². The molecule has 0 aliphatic carbocycles. The van der Waals surface area contributed by atoms with Gasteiger partial charge in [-0.25, -0.2) is 0 Å². The smallest absolute Gasteiger partial charge is 0.314 e. The molecule has 53 heteroatoms. The van der Waals surface area contributed by atoms with Crippen LogP contribution in [0.4, 0.5) is 0 Å². The summed E-state index contributed by atoms with van der Waals surface area (Å²) in [5, 5.41) is 0. The molecule has 0 aromatic heterocycles. The molecule has 0 amide bonds. The van der Waals surface area contributed by atoms with Crippen LogP contribution in [0, 0.1) is 0 Å². The molecule has 0 bridgehead atoms. The third kappa shape index (κ3) is 53.6. The largest absolute Gasteiger partial charge is 0.437 e. The quantitative estimate of drug-likeness (QED) is 0.0514. The monoisotopic (exact) mass is 2010 g/mol. The van der Waals surface area contributed by atoms with E-state index in [-0.39, 0.29) is 0 Å². The summed E-state index contributed by atoms with van der Waals surface area (Å²) in [6.45, 7) is 116. The second-order valence-corrected chi connectivity index (χ2v) is 142. The van der Waals surface area contributed by atoms with Crippen molar-refractivity contribution >= 4 is 231 Å². The van der Waals surface area contributed by atoms with Gasteiger partial charge in [0.05, 0.1) is 0 Å². The fourth-order valence-corrected chi connectivity index (χ4v) is 155. The van der Waals surface area contributed by atoms with Gasteiger partial charge in [-0.2, -0.15) is 0 Å². The zero-order chi connectivity index (χ0) is 87.9. The molecular weight excluding hydrogens is 1850 g/mol. The second kappa shape index (κ2) is 37.9. The summed E-state index contributed by atoms with van der Waals surface area (Å²) in [5.41, 5.74) is 0. The van der Waals surface area contributed by atoms with Gasteiger partial charge in [-0.1, -0.05) is 0 Å². The molecular formula is C56H168O26Si27. The standard InChI is InChI=1S/C56H168O26Si27/c1-83(2,3)57-85(7,8)59-87(11,12)61-89(15,16)63-91(19,20)65-93(23,24)67-95(27,28)69-97(31,32)71-99(35,36)73-101(39,40)75-103(43,44)77-105(47,48)79-107(51,52)81-109(55,56)82-108(53,54)80-106(49,50)78-104(45,46)76-102(41,42)74-100(37,38)72-98(33,34)70-96(29,30)68-94(25,26)66-92(21,22)64-90(17,18)62-88(13,14)60-86(9,10)58-84(4,5)6/h1-56H3. The van der Waals surface area contributed by atoms with E-state index in [9.17, 15) is 0 Å². The Morgan fingerprint density at radius 1 is 0.0642 bits per heavy atom. The summed E-state index contributed by atoms with van der Waals surface area (Å²) in [6.07, 6.45) is 0. The van der Waals surface area contributed by atoms with Crippen LogP contribution in [0.3, 0.4) is 0 Å². The van der Waals surface area contributed by atoms with Crippen molar-refractivity contribution in [1.29, 1.82) is 0 Å². The van der Waals surface area contributed by atoms with E-state index in [1.54, 1.807) is 0 Å². The maximum Gasteiger partial charge on any atom is 0.314 e. The predicted octanol–water partition coefficient (Wildman–Crippen LogP) is 20.6. The summed E-state index contributed by atoms with van der Waals surface area (Å²) in [7, 11) is -73.9. The molecule has 0 unspecified atom stereocenters. The first-order valence-electron chi connectivity index (χ1n) is 38.6. The maximum absolute atomic E-state index is 7.01. The first kappa shape index (κ1) is 114. The third-order valence-corrected chi connectivity index (χ3v) is 116. The van der Waals surface area contributed by atoms with E-state index in [0.717, 1.165) is 0 Å². The lowest BCUT2D eigenvalue weighted by Crippen LogP contribution is -2.63. The van der Waals surface area contributed by atoms with Crippen LogP contribution < -0.4 is 0 Å². The maximum atomic E-state index is 7.01. The van der Waals surface area contributed by atoms with E-state index in [0.29, 0.717) is 0 Å². The van der Waals surface area contributed by atoms with Gasteiger partial charge in [-0.3, -0.25) is 0 Å². The average molecular weight is 2020 g/mol. The highest BCUT2D eigenvalue weighted by Crippen LogP contribution is 2.37. The molecule has 26 nitrogen and oxygen atoms in total. The molecule has 0 heterocycles. The molecule has 0 fully saturated rings. The zero-order valence-corrected chi connectivity index (χ0v) is 107. The summed E-state index contributed by atoms with van der Waals surface area (Å²) in [5.74, 6) is 0. The Morgan fingerprint density at radius 3 is 0.138 bits per heavy atom. The molecule has 0 N–H and O–H groups in total. The predicted molar refractivity (Wildman–Crippen MR) is 512 cm³/mol. The minimum atomic E-state index is -2.92. The van der Waals surface area contributed by atoms with Crippen LogP contribution in [0.25, 0.3) is 0 Å². The molecule has 0 radical (unpaired) electrons. The fourth-order valence-electron chi connectivity index (χ4n) is 16.2. The highest BCUT2D eigenvalue weighted by Gasteiger charge is 2.57. The van der Waals surface area contributed by atoms with Crippen LogP contribution >= 0.6 is 0 Å². The van der Waals surface area contributed by atoms with Crippen molar-refractivity contribution in [3.63, 3.8) is 0 Å². The van der Waals surface area contributed by atoms with Gasteiger partial charge < -0.3 is 107 Å². The number of hydrogen-bond donors (Lipinski definition) is 0. The van der Waals surface area contributed by atoms with Crippen molar-refractivity contribution in [2.75, 3.05) is 0 Å². The SMILES string of the molecule is C[Si](C)(C)O[Si](C)(C)O[Si](C)(C)O[Si](C)(C)O[Si](C)(C)O[Si](C)(C)O[Si](C)(C)O[Si](C)(C)O[Si](C)(C)O[Si](C)(C)O[Si](C)(C)O[Si](C)(C)O[Si](C)(C)O[Si](C)(C)O[Si](C)(C)O[Si](C)(C)O[Si](C)(C)O[Si](C)(C)O[Si](C)(C)O[Si](C)(C)O[Si](C)(C)O[Si](C)(C)O[Si](C)(C)O[Si](C)(C)O[Si](C)(C)O[Si](C)(C)O[Si](C)(C)C. The first-order valence-corrected chi connectivity index (χ1v) is 116. The van der Waals surface area contributed by atoms with Crippen LogP contribution in [0.5, 0.6) is 0 Å². The van der Waals surface area contributed by atoms with E-state index in [4.69, 9.17) is 107 Å². The molecule has 0 spiro atoms. The lowest BCUT2D eigenvalue weighted by atomic mass is 11.8. The van der Waals surface area contributed by atoms with Crippen molar-refractivity contribution in [3.8, 4) is 0 Å². The molecule has 109 heavy (non-hydrogen) atoms. The average Bonchev–Trinajstić information content (AvgIpc) is 0.840. The highest BCUT2D eigenvalue weighted by atomic mass is 28.6. The fraction of sp³-hybridized carbons (Fsp3) is 1.00. The minimum absolute atomic E-state index is 1.81. The van der Waals surface area contributed by atoms with E-state index < -0.39 is 231 Å². The van der Waals surface area contributed by atoms with Gasteiger partial charge in [0.25, 0.3) is 0 Å². The van der Waals surface area contributed by atoms with Gasteiger partial charge in [0, 0.05) is 0 Å². The van der Waals surface area contributed by atoms with Gasteiger partial charge in [-0.15, -0.1) is 0 Å². The Hall–Kier alpha value is 4.82. The van der Waals surface area contributed by atoms with E-state index >= 15 is 0 Å². The van der Waals surface area contributed by atoms with Crippen molar-refractivity contribution < 1.29 is 107 Å². The summed E-state index contributed by atoms with van der Waals surface area (Å²) < 4.78 is 179. The Labute approximate surface area is 697 Å².